The van der Waals surface area contributed by atoms with Gasteiger partial charge in [-0.15, -0.1) is 23.7 Å². The zero-order valence-corrected chi connectivity index (χ0v) is 18.0. The molecule has 8 heteroatoms. The van der Waals surface area contributed by atoms with Gasteiger partial charge in [0.15, 0.2) is 0 Å². The van der Waals surface area contributed by atoms with E-state index in [1.807, 2.05) is 24.3 Å². The van der Waals surface area contributed by atoms with Crippen LogP contribution >= 0.6 is 39.7 Å². The molecule has 1 aromatic carbocycles. The highest BCUT2D eigenvalue weighted by Crippen LogP contribution is 2.30. The first-order valence-electron chi connectivity index (χ1n) is 8.08. The molecule has 0 spiro atoms. The van der Waals surface area contributed by atoms with E-state index in [2.05, 4.69) is 32.5 Å². The van der Waals surface area contributed by atoms with Crippen molar-refractivity contribution in [2.45, 2.75) is 29.9 Å². The fraction of sp³-hybridized carbons (Fsp3) is 0.412. The number of hydrogen-bond acceptors (Lipinski definition) is 4. The van der Waals surface area contributed by atoms with Gasteiger partial charge in [0.05, 0.1) is 3.79 Å². The molecule has 4 nitrogen and oxygen atoms in total. The topological polar surface area (TPSA) is 49.4 Å². The molecule has 1 atom stereocenters. The van der Waals surface area contributed by atoms with E-state index in [4.69, 9.17) is 0 Å². The molecule has 0 bridgehead atoms. The summed E-state index contributed by atoms with van der Waals surface area (Å²) in [6.45, 7) is 5.62. The maximum absolute atomic E-state index is 12.3. The molecule has 0 amide bonds. The van der Waals surface area contributed by atoms with Gasteiger partial charge >= 0.3 is 0 Å². The van der Waals surface area contributed by atoms with Crippen LogP contribution in [0.15, 0.2) is 44.4 Å². The predicted octanol–water partition coefficient (Wildman–Crippen LogP) is 4.93. The number of hydrogen-bond donors (Lipinski definition) is 1. The highest BCUT2D eigenvalue weighted by Gasteiger charge is 2.23. The molecule has 0 radical (unpaired) electrons. The van der Waals surface area contributed by atoms with Crippen LogP contribution in [-0.2, 0) is 10.0 Å². The van der Waals surface area contributed by atoms with Gasteiger partial charge in [-0.1, -0.05) is 19.1 Å². The Labute approximate surface area is 168 Å². The van der Waals surface area contributed by atoms with Gasteiger partial charge in [0.2, 0.25) is 0 Å². The van der Waals surface area contributed by atoms with Crippen LogP contribution in [0.25, 0.3) is 0 Å². The summed E-state index contributed by atoms with van der Waals surface area (Å²) in [5, 5.41) is 0. The van der Waals surface area contributed by atoms with E-state index in [1.54, 1.807) is 12.1 Å². The van der Waals surface area contributed by atoms with Gasteiger partial charge in [0.1, 0.15) is 4.21 Å². The van der Waals surface area contributed by atoms with Gasteiger partial charge < -0.3 is 4.90 Å². The van der Waals surface area contributed by atoms with Gasteiger partial charge in [-0.2, -0.15) is 0 Å². The van der Waals surface area contributed by atoms with Crippen LogP contribution in [0.3, 0.4) is 0 Å². The summed E-state index contributed by atoms with van der Waals surface area (Å²) < 4.78 is 28.4. The molecule has 1 N–H and O–H groups in total. The molecule has 1 saturated heterocycles. The molecule has 1 aromatic heterocycles. The number of halogens is 2. The normalized spacial score (nSPS) is 18.1. The van der Waals surface area contributed by atoms with E-state index in [0.717, 1.165) is 23.4 Å². The van der Waals surface area contributed by atoms with Crippen LogP contribution < -0.4 is 4.72 Å². The van der Waals surface area contributed by atoms with Crippen LogP contribution in [0.4, 0.5) is 5.69 Å². The molecule has 1 fully saturated rings. The summed E-state index contributed by atoms with van der Waals surface area (Å²) >= 11 is 4.50. The van der Waals surface area contributed by atoms with Gasteiger partial charge in [0, 0.05) is 12.2 Å². The largest absolute Gasteiger partial charge is 0.303 e. The van der Waals surface area contributed by atoms with Crippen molar-refractivity contribution in [2.75, 3.05) is 24.4 Å². The van der Waals surface area contributed by atoms with Crippen LogP contribution in [0, 0.1) is 0 Å². The average Bonchev–Trinajstić information content (AvgIpc) is 3.18. The van der Waals surface area contributed by atoms with Crippen molar-refractivity contribution in [2.24, 2.45) is 0 Å². The zero-order chi connectivity index (χ0) is 17.2. The lowest BCUT2D eigenvalue weighted by Crippen LogP contribution is -2.20. The molecular formula is C17H22BrClN2O2S2. The molecule has 138 valence electrons. The third-order valence-corrected chi connectivity index (χ3v) is 7.76. The Kier molecular flexibility index (Phi) is 7.34. The van der Waals surface area contributed by atoms with E-state index in [-0.39, 0.29) is 12.4 Å². The lowest BCUT2D eigenvalue weighted by Gasteiger charge is -2.15. The third-order valence-electron chi connectivity index (χ3n) is 4.26. The minimum atomic E-state index is -3.51. The van der Waals surface area contributed by atoms with Crippen molar-refractivity contribution in [1.29, 1.82) is 0 Å². The van der Waals surface area contributed by atoms with Crippen LogP contribution in [0.5, 0.6) is 0 Å². The summed E-state index contributed by atoms with van der Waals surface area (Å²) in [5.41, 5.74) is 1.89. The van der Waals surface area contributed by atoms with Gasteiger partial charge in [-0.25, -0.2) is 8.42 Å². The third kappa shape index (κ3) is 5.20. The number of nitrogens with zero attached hydrogens (tertiary/aromatic N) is 1. The second-order valence-electron chi connectivity index (χ2n) is 6.07. The molecule has 2 aromatic rings. The predicted molar refractivity (Wildman–Crippen MR) is 111 cm³/mol. The Bertz CT molecular complexity index is 793. The summed E-state index contributed by atoms with van der Waals surface area (Å²) in [6.07, 6.45) is 2.36. The van der Waals surface area contributed by atoms with Gasteiger partial charge in [-0.05, 0) is 77.6 Å². The zero-order valence-electron chi connectivity index (χ0n) is 13.9. The van der Waals surface area contributed by atoms with Crippen molar-refractivity contribution < 1.29 is 8.42 Å². The van der Waals surface area contributed by atoms with Crippen LogP contribution in [-0.4, -0.2) is 33.0 Å². The molecule has 0 aliphatic carbocycles. The van der Waals surface area contributed by atoms with Crippen LogP contribution in [0.1, 0.15) is 31.2 Å². The quantitative estimate of drug-likeness (QED) is 0.658. The first kappa shape index (κ1) is 20.7. The van der Waals surface area contributed by atoms with E-state index in [9.17, 15) is 8.42 Å². The summed E-state index contributed by atoms with van der Waals surface area (Å²) in [6, 6.07) is 11.2. The Balaban J connectivity index is 0.00000225. The first-order chi connectivity index (χ1) is 11.5. The summed E-state index contributed by atoms with van der Waals surface area (Å²) in [4.78, 5) is 2.50. The Hall–Kier alpha value is -0.600. The lowest BCUT2D eigenvalue weighted by atomic mass is 9.98. The lowest BCUT2D eigenvalue weighted by molar-refractivity contribution is 0.335. The summed E-state index contributed by atoms with van der Waals surface area (Å²) in [5.74, 6) is 0.551. The highest BCUT2D eigenvalue weighted by molar-refractivity contribution is 9.11. The molecule has 1 aliphatic rings. The average molecular weight is 466 g/mol. The fourth-order valence-electron chi connectivity index (χ4n) is 3.09. The standard InChI is InChI=1S/C17H21BrN2O2S2.ClH/c1-2-10-20-11-9-14(12-20)13-3-5-15(6-4-13)19-24(21,22)17-8-7-16(18)23-17;/h3-8,14,19H,2,9-12H2,1H3;1H/t14-;/m1./s1. The molecule has 3 rings (SSSR count). The Morgan fingerprint density at radius 2 is 1.96 bits per heavy atom. The summed E-state index contributed by atoms with van der Waals surface area (Å²) in [7, 11) is -3.51. The fourth-order valence-corrected chi connectivity index (χ4v) is 6.16. The van der Waals surface area contributed by atoms with Crippen molar-refractivity contribution in [3.8, 4) is 0 Å². The van der Waals surface area contributed by atoms with Crippen molar-refractivity contribution in [1.82, 2.24) is 4.90 Å². The number of likely N-dealkylation sites (tertiary alicyclic amines) is 1. The number of rotatable bonds is 6. The molecular weight excluding hydrogens is 444 g/mol. The molecule has 0 saturated carbocycles. The highest BCUT2D eigenvalue weighted by atomic mass is 79.9. The van der Waals surface area contributed by atoms with Crippen molar-refractivity contribution >= 4 is 55.4 Å². The Morgan fingerprint density at radius 1 is 1.24 bits per heavy atom. The number of thiophene rings is 1. The maximum Gasteiger partial charge on any atom is 0.271 e. The number of benzene rings is 1. The second-order valence-corrected chi connectivity index (χ2v) is 10.4. The van der Waals surface area contributed by atoms with Gasteiger partial charge in [-0.3, -0.25) is 4.72 Å². The Morgan fingerprint density at radius 3 is 2.56 bits per heavy atom. The van der Waals surface area contributed by atoms with Crippen molar-refractivity contribution in [3.05, 3.63) is 45.7 Å². The SMILES string of the molecule is CCCN1CC[C@@H](c2ccc(NS(=O)(=O)c3ccc(Br)s3)cc2)C1.Cl. The van der Waals surface area contributed by atoms with Crippen LogP contribution in [0.2, 0.25) is 0 Å². The number of nitrogens with one attached hydrogen (secondary N) is 1. The second kappa shape index (κ2) is 8.86. The first-order valence-corrected chi connectivity index (χ1v) is 11.2. The maximum atomic E-state index is 12.3. The minimum absolute atomic E-state index is 0. The molecule has 25 heavy (non-hydrogen) atoms. The molecule has 1 aliphatic heterocycles. The monoisotopic (exact) mass is 464 g/mol. The van der Waals surface area contributed by atoms with E-state index < -0.39 is 10.0 Å². The van der Waals surface area contributed by atoms with E-state index >= 15 is 0 Å². The number of sulfonamides is 1. The van der Waals surface area contributed by atoms with E-state index in [1.165, 1.54) is 29.7 Å². The van der Waals surface area contributed by atoms with E-state index in [0.29, 0.717) is 15.8 Å². The minimum Gasteiger partial charge on any atom is -0.303 e. The smallest absolute Gasteiger partial charge is 0.271 e. The molecule has 0 unspecified atom stereocenters. The van der Waals surface area contributed by atoms with Crippen molar-refractivity contribution in [3.63, 3.8) is 0 Å². The number of anilines is 1. The van der Waals surface area contributed by atoms with Gasteiger partial charge in [0.25, 0.3) is 10.0 Å². The molecule has 2 heterocycles.